The topological polar surface area (TPSA) is 45.6 Å². The summed E-state index contributed by atoms with van der Waals surface area (Å²) in [5, 5.41) is 0. The molecule has 0 atom stereocenters. The fraction of sp³-hybridized carbons (Fsp3) is 0.739. The van der Waals surface area contributed by atoms with Crippen LogP contribution in [0.25, 0.3) is 0 Å². The highest BCUT2D eigenvalue weighted by molar-refractivity contribution is 6.19. The van der Waals surface area contributed by atoms with Gasteiger partial charge in [0.05, 0.1) is 12.0 Å². The third-order valence-electron chi connectivity index (χ3n) is 5.84. The van der Waals surface area contributed by atoms with Crippen molar-refractivity contribution in [3.63, 3.8) is 0 Å². The van der Waals surface area contributed by atoms with Crippen LogP contribution in [0.5, 0.6) is 0 Å². The van der Waals surface area contributed by atoms with Crippen molar-refractivity contribution in [2.45, 2.75) is 72.4 Å². The second-order valence-corrected chi connectivity index (χ2v) is 9.79. The Kier molecular flexibility index (Phi) is 8.62. The second kappa shape index (κ2) is 10.5. The predicted molar refractivity (Wildman–Crippen MR) is 119 cm³/mol. The Morgan fingerprint density at radius 3 is 2.41 bits per heavy atom. The van der Waals surface area contributed by atoms with Crippen LogP contribution in [-0.4, -0.2) is 51.2 Å². The standard InChI is InChI=1S/C23H38ClN3O2/c1-18(2)14-26(15-20-12-9-13-25(20)5)21(28)16-27(19-10-7-6-8-11-19)22(29)23(3,4)17-24/h9,12-13,18-19H,6-8,10-11,14-17H2,1-5H3. The van der Waals surface area contributed by atoms with E-state index >= 15 is 0 Å². The molecule has 1 heterocycles. The van der Waals surface area contributed by atoms with E-state index in [1.54, 1.807) is 0 Å². The zero-order valence-electron chi connectivity index (χ0n) is 18.8. The van der Waals surface area contributed by atoms with Crippen LogP contribution in [0.3, 0.4) is 0 Å². The number of alkyl halides is 1. The van der Waals surface area contributed by atoms with Gasteiger partial charge in [-0.1, -0.05) is 33.1 Å². The third-order valence-corrected chi connectivity index (χ3v) is 6.51. The van der Waals surface area contributed by atoms with Crippen molar-refractivity contribution in [3.8, 4) is 0 Å². The van der Waals surface area contributed by atoms with Crippen molar-refractivity contribution in [1.29, 1.82) is 0 Å². The number of nitrogens with zero attached hydrogens (tertiary/aromatic N) is 3. The van der Waals surface area contributed by atoms with Gasteiger partial charge in [-0.3, -0.25) is 9.59 Å². The zero-order valence-corrected chi connectivity index (χ0v) is 19.5. The molecule has 0 aromatic carbocycles. The molecule has 0 N–H and O–H groups in total. The van der Waals surface area contributed by atoms with E-state index in [0.717, 1.165) is 31.4 Å². The van der Waals surface area contributed by atoms with E-state index in [4.69, 9.17) is 11.6 Å². The lowest BCUT2D eigenvalue weighted by Gasteiger charge is -2.39. The van der Waals surface area contributed by atoms with Crippen LogP contribution in [0.2, 0.25) is 0 Å². The molecule has 1 fully saturated rings. The molecule has 2 rings (SSSR count). The summed E-state index contributed by atoms with van der Waals surface area (Å²) in [6.07, 6.45) is 7.37. The Morgan fingerprint density at radius 1 is 1.24 bits per heavy atom. The van der Waals surface area contributed by atoms with E-state index < -0.39 is 5.41 Å². The van der Waals surface area contributed by atoms with Gasteiger partial charge in [0.1, 0.15) is 6.54 Å². The normalized spacial score (nSPS) is 15.6. The zero-order chi connectivity index (χ0) is 21.6. The summed E-state index contributed by atoms with van der Waals surface area (Å²) < 4.78 is 2.04. The van der Waals surface area contributed by atoms with Crippen molar-refractivity contribution in [3.05, 3.63) is 24.0 Å². The van der Waals surface area contributed by atoms with Gasteiger partial charge in [0.15, 0.2) is 0 Å². The van der Waals surface area contributed by atoms with Crippen molar-refractivity contribution in [2.24, 2.45) is 18.4 Å². The maximum Gasteiger partial charge on any atom is 0.242 e. The number of rotatable bonds is 9. The molecule has 2 amide bonds. The Bertz CT molecular complexity index is 677. The SMILES string of the molecule is CC(C)CN(Cc1cccn1C)C(=O)CN(C(=O)C(C)(C)CCl)C1CCCCC1. The lowest BCUT2D eigenvalue weighted by Crippen LogP contribution is -2.52. The molecule has 1 saturated carbocycles. The summed E-state index contributed by atoms with van der Waals surface area (Å²) in [4.78, 5) is 30.4. The van der Waals surface area contributed by atoms with Gasteiger partial charge in [0.2, 0.25) is 11.8 Å². The molecular formula is C23H38ClN3O2. The lowest BCUT2D eigenvalue weighted by atomic mass is 9.89. The summed E-state index contributed by atoms with van der Waals surface area (Å²) in [6.45, 7) is 9.36. The first-order chi connectivity index (χ1) is 13.7. The van der Waals surface area contributed by atoms with Crippen LogP contribution in [0.15, 0.2) is 18.3 Å². The highest BCUT2D eigenvalue weighted by atomic mass is 35.5. The number of halogens is 1. The first kappa shape index (κ1) is 23.8. The monoisotopic (exact) mass is 423 g/mol. The predicted octanol–water partition coefficient (Wildman–Crippen LogP) is 4.44. The molecule has 0 bridgehead atoms. The second-order valence-electron chi connectivity index (χ2n) is 9.52. The Morgan fingerprint density at radius 2 is 1.90 bits per heavy atom. The van der Waals surface area contributed by atoms with Gasteiger partial charge in [-0.2, -0.15) is 0 Å². The van der Waals surface area contributed by atoms with Gasteiger partial charge in [-0.25, -0.2) is 0 Å². The third kappa shape index (κ3) is 6.50. The largest absolute Gasteiger partial charge is 0.353 e. The molecule has 164 valence electrons. The molecule has 29 heavy (non-hydrogen) atoms. The number of carbonyl (C=O) groups is 2. The van der Waals surface area contributed by atoms with E-state index in [1.165, 1.54) is 6.42 Å². The summed E-state index contributed by atoms with van der Waals surface area (Å²) in [6, 6.07) is 4.17. The molecule has 0 unspecified atom stereocenters. The maximum atomic E-state index is 13.4. The fourth-order valence-corrected chi connectivity index (χ4v) is 4.12. The van der Waals surface area contributed by atoms with E-state index in [0.29, 0.717) is 19.0 Å². The summed E-state index contributed by atoms with van der Waals surface area (Å²) >= 11 is 6.11. The van der Waals surface area contributed by atoms with E-state index in [9.17, 15) is 9.59 Å². The van der Waals surface area contributed by atoms with Crippen molar-refractivity contribution in [1.82, 2.24) is 14.4 Å². The molecule has 1 aromatic rings. The van der Waals surface area contributed by atoms with Crippen LogP contribution in [0.1, 0.15) is 65.5 Å². The summed E-state index contributed by atoms with van der Waals surface area (Å²) in [7, 11) is 1.99. The molecule has 5 nitrogen and oxygen atoms in total. The number of amides is 2. The van der Waals surface area contributed by atoms with Gasteiger partial charge in [-0.05, 0) is 44.7 Å². The highest BCUT2D eigenvalue weighted by Crippen LogP contribution is 2.28. The minimum atomic E-state index is -0.666. The Hall–Kier alpha value is -1.49. The summed E-state index contributed by atoms with van der Waals surface area (Å²) in [5.41, 5.74) is 0.427. The molecule has 1 aliphatic carbocycles. The first-order valence-corrected chi connectivity index (χ1v) is 11.4. The van der Waals surface area contributed by atoms with Crippen LogP contribution in [-0.2, 0) is 23.2 Å². The first-order valence-electron chi connectivity index (χ1n) is 10.9. The molecule has 0 aliphatic heterocycles. The van der Waals surface area contributed by atoms with Gasteiger partial charge in [0.25, 0.3) is 0 Å². The fourth-order valence-electron chi connectivity index (χ4n) is 4.00. The van der Waals surface area contributed by atoms with Gasteiger partial charge in [0, 0.05) is 37.4 Å². The average molecular weight is 424 g/mol. The maximum absolute atomic E-state index is 13.4. The number of aromatic nitrogens is 1. The van der Waals surface area contributed by atoms with Crippen LogP contribution in [0.4, 0.5) is 0 Å². The quantitative estimate of drug-likeness (QED) is 0.551. The van der Waals surface area contributed by atoms with E-state index in [-0.39, 0.29) is 30.3 Å². The van der Waals surface area contributed by atoms with Gasteiger partial charge in [-0.15, -0.1) is 11.6 Å². The van der Waals surface area contributed by atoms with Crippen molar-refractivity contribution in [2.75, 3.05) is 19.0 Å². The number of hydrogen-bond acceptors (Lipinski definition) is 2. The number of carbonyl (C=O) groups excluding carboxylic acids is 2. The molecule has 0 radical (unpaired) electrons. The highest BCUT2D eigenvalue weighted by Gasteiger charge is 2.37. The minimum Gasteiger partial charge on any atom is -0.353 e. The van der Waals surface area contributed by atoms with Crippen LogP contribution < -0.4 is 0 Å². The Balaban J connectivity index is 2.21. The summed E-state index contributed by atoms with van der Waals surface area (Å²) in [5.74, 6) is 0.625. The smallest absolute Gasteiger partial charge is 0.242 e. The molecular weight excluding hydrogens is 386 g/mol. The van der Waals surface area contributed by atoms with Gasteiger partial charge >= 0.3 is 0 Å². The molecule has 6 heteroatoms. The van der Waals surface area contributed by atoms with Crippen molar-refractivity contribution < 1.29 is 9.59 Å². The molecule has 1 aromatic heterocycles. The molecule has 1 aliphatic rings. The van der Waals surface area contributed by atoms with Crippen LogP contribution in [0, 0.1) is 11.3 Å². The number of hydrogen-bond donors (Lipinski definition) is 0. The molecule has 0 saturated heterocycles. The lowest BCUT2D eigenvalue weighted by molar-refractivity contribution is -0.149. The van der Waals surface area contributed by atoms with E-state index in [2.05, 4.69) is 13.8 Å². The Labute approximate surface area is 181 Å². The number of aryl methyl sites for hydroxylation is 1. The van der Waals surface area contributed by atoms with Gasteiger partial charge < -0.3 is 14.4 Å². The average Bonchev–Trinajstić information content (AvgIpc) is 3.09. The van der Waals surface area contributed by atoms with Crippen LogP contribution >= 0.6 is 11.6 Å². The minimum absolute atomic E-state index is 0.00360. The van der Waals surface area contributed by atoms with Crippen molar-refractivity contribution >= 4 is 23.4 Å². The van der Waals surface area contributed by atoms with E-state index in [1.807, 2.05) is 53.6 Å². The molecule has 0 spiro atoms.